The number of nitrogens with zero attached hydrogens (tertiary/aromatic N) is 4. The highest BCUT2D eigenvalue weighted by atomic mass is 19.1. The van der Waals surface area contributed by atoms with E-state index in [1.54, 1.807) is 7.05 Å². The largest absolute Gasteiger partial charge is 0.357 e. The zero-order valence-electron chi connectivity index (χ0n) is 11.9. The second kappa shape index (κ2) is 6.14. The molecule has 2 heterocycles. The Balaban J connectivity index is 2.01. The van der Waals surface area contributed by atoms with Crippen molar-refractivity contribution in [2.45, 2.75) is 13.8 Å². The molecule has 0 amide bonds. The molecule has 0 atom stereocenters. The smallest absolute Gasteiger partial charge is 0.224 e. The van der Waals surface area contributed by atoms with Crippen LogP contribution >= 0.6 is 0 Å². The molecule has 1 fully saturated rings. The Morgan fingerprint density at radius 3 is 2.58 bits per heavy atom. The fraction of sp³-hybridized carbons (Fsp3) is 0.692. The molecule has 5 nitrogen and oxygen atoms in total. The van der Waals surface area contributed by atoms with Gasteiger partial charge in [-0.3, -0.25) is 4.90 Å². The summed E-state index contributed by atoms with van der Waals surface area (Å²) in [6.07, 6.45) is 1.23. The molecule has 1 N–H and O–H groups in total. The topological polar surface area (TPSA) is 44.3 Å². The van der Waals surface area contributed by atoms with E-state index in [1.165, 1.54) is 6.20 Å². The van der Waals surface area contributed by atoms with Gasteiger partial charge in [0.1, 0.15) is 0 Å². The highest BCUT2D eigenvalue weighted by Crippen LogP contribution is 2.19. The molecular weight excluding hydrogens is 245 g/mol. The first-order chi connectivity index (χ1) is 9.10. The molecule has 0 aromatic carbocycles. The molecular formula is C13H22FN5. The average molecular weight is 267 g/mol. The maximum atomic E-state index is 13.8. The number of hydrogen-bond donors (Lipinski definition) is 1. The van der Waals surface area contributed by atoms with E-state index < -0.39 is 0 Å². The highest BCUT2D eigenvalue weighted by Gasteiger charge is 2.21. The fourth-order valence-electron chi connectivity index (χ4n) is 2.36. The SMILES string of the molecule is CNc1ncc(F)c(N2CCN(CC(C)C)CC2)n1. The predicted octanol–water partition coefficient (Wildman–Crippen LogP) is 1.44. The molecule has 1 aromatic rings. The van der Waals surface area contributed by atoms with Crippen LogP contribution in [0.15, 0.2) is 6.20 Å². The molecule has 0 bridgehead atoms. The Hall–Kier alpha value is -1.43. The molecule has 6 heteroatoms. The van der Waals surface area contributed by atoms with Gasteiger partial charge in [-0.1, -0.05) is 13.8 Å². The van der Waals surface area contributed by atoms with Gasteiger partial charge >= 0.3 is 0 Å². The van der Waals surface area contributed by atoms with Crippen molar-refractivity contribution in [2.24, 2.45) is 5.92 Å². The zero-order chi connectivity index (χ0) is 13.8. The van der Waals surface area contributed by atoms with Gasteiger partial charge in [-0.25, -0.2) is 9.37 Å². The molecule has 0 aliphatic carbocycles. The van der Waals surface area contributed by atoms with Crippen molar-refractivity contribution in [3.8, 4) is 0 Å². The first-order valence-corrected chi connectivity index (χ1v) is 6.77. The molecule has 0 spiro atoms. The van der Waals surface area contributed by atoms with E-state index in [0.29, 0.717) is 17.7 Å². The molecule has 1 aliphatic rings. The van der Waals surface area contributed by atoms with Gasteiger partial charge in [-0.2, -0.15) is 4.98 Å². The molecule has 1 saturated heterocycles. The van der Waals surface area contributed by atoms with Crippen LogP contribution in [0, 0.1) is 11.7 Å². The highest BCUT2D eigenvalue weighted by molar-refractivity contribution is 5.44. The van der Waals surface area contributed by atoms with Gasteiger partial charge in [-0.05, 0) is 5.92 Å². The summed E-state index contributed by atoms with van der Waals surface area (Å²) in [4.78, 5) is 12.5. The lowest BCUT2D eigenvalue weighted by Gasteiger charge is -2.36. The van der Waals surface area contributed by atoms with Crippen LogP contribution in [0.4, 0.5) is 16.2 Å². The summed E-state index contributed by atoms with van der Waals surface area (Å²) in [6.45, 7) is 9.06. The third-order valence-corrected chi connectivity index (χ3v) is 3.24. The van der Waals surface area contributed by atoms with Gasteiger partial charge in [-0.15, -0.1) is 0 Å². The average Bonchev–Trinajstić information content (AvgIpc) is 2.40. The molecule has 0 saturated carbocycles. The Kier molecular flexibility index (Phi) is 4.52. The maximum Gasteiger partial charge on any atom is 0.224 e. The molecule has 0 unspecified atom stereocenters. The van der Waals surface area contributed by atoms with E-state index in [0.717, 1.165) is 32.7 Å². The van der Waals surface area contributed by atoms with Crippen LogP contribution < -0.4 is 10.2 Å². The zero-order valence-corrected chi connectivity index (χ0v) is 11.9. The molecule has 1 aromatic heterocycles. The standard InChI is InChI=1S/C13H22FN5/c1-10(2)9-18-4-6-19(7-5-18)12-11(14)8-16-13(15-3)17-12/h8,10H,4-7,9H2,1-3H3,(H,15,16,17). The van der Waals surface area contributed by atoms with Crippen molar-refractivity contribution in [1.29, 1.82) is 0 Å². The van der Waals surface area contributed by atoms with Gasteiger partial charge in [0.25, 0.3) is 0 Å². The van der Waals surface area contributed by atoms with Crippen LogP contribution in [0.5, 0.6) is 0 Å². The van der Waals surface area contributed by atoms with E-state index in [-0.39, 0.29) is 5.82 Å². The quantitative estimate of drug-likeness (QED) is 0.894. The molecule has 19 heavy (non-hydrogen) atoms. The maximum absolute atomic E-state index is 13.8. The summed E-state index contributed by atoms with van der Waals surface area (Å²) in [5.74, 6) is 1.18. The fourth-order valence-corrected chi connectivity index (χ4v) is 2.36. The normalized spacial score (nSPS) is 17.0. The van der Waals surface area contributed by atoms with Crippen LogP contribution in [-0.2, 0) is 0 Å². The lowest BCUT2D eigenvalue weighted by molar-refractivity contribution is 0.230. The van der Waals surface area contributed by atoms with Crippen molar-refractivity contribution < 1.29 is 4.39 Å². The molecule has 2 rings (SSSR count). The lowest BCUT2D eigenvalue weighted by Crippen LogP contribution is -2.48. The van der Waals surface area contributed by atoms with Crippen molar-refractivity contribution in [2.75, 3.05) is 50.0 Å². The predicted molar refractivity (Wildman–Crippen MR) is 75.0 cm³/mol. The summed E-state index contributed by atoms with van der Waals surface area (Å²) in [5, 5.41) is 2.84. The molecule has 0 radical (unpaired) electrons. The third-order valence-electron chi connectivity index (χ3n) is 3.24. The molecule has 106 valence electrons. The summed E-state index contributed by atoms with van der Waals surface area (Å²) in [7, 11) is 1.73. The Labute approximate surface area is 113 Å². The number of aromatic nitrogens is 2. The van der Waals surface area contributed by atoms with Crippen molar-refractivity contribution >= 4 is 11.8 Å². The number of nitrogens with one attached hydrogen (secondary N) is 1. The Morgan fingerprint density at radius 2 is 2.00 bits per heavy atom. The van der Waals surface area contributed by atoms with E-state index in [9.17, 15) is 4.39 Å². The van der Waals surface area contributed by atoms with Crippen LogP contribution in [0.3, 0.4) is 0 Å². The lowest BCUT2D eigenvalue weighted by atomic mass is 10.2. The van der Waals surface area contributed by atoms with Gasteiger partial charge in [0.15, 0.2) is 11.6 Å². The van der Waals surface area contributed by atoms with Gasteiger partial charge in [0.05, 0.1) is 6.20 Å². The van der Waals surface area contributed by atoms with Crippen LogP contribution in [0.1, 0.15) is 13.8 Å². The number of piperazine rings is 1. The van der Waals surface area contributed by atoms with Crippen LogP contribution in [-0.4, -0.2) is 54.6 Å². The van der Waals surface area contributed by atoms with Crippen molar-refractivity contribution in [3.05, 3.63) is 12.0 Å². The second-order valence-corrected chi connectivity index (χ2v) is 5.30. The van der Waals surface area contributed by atoms with Crippen LogP contribution in [0.25, 0.3) is 0 Å². The van der Waals surface area contributed by atoms with Gasteiger partial charge in [0, 0.05) is 39.8 Å². The third kappa shape index (κ3) is 3.53. The minimum atomic E-state index is -0.351. The monoisotopic (exact) mass is 267 g/mol. The van der Waals surface area contributed by atoms with Crippen molar-refractivity contribution in [3.63, 3.8) is 0 Å². The summed E-state index contributed by atoms with van der Waals surface area (Å²) >= 11 is 0. The number of anilines is 2. The number of rotatable bonds is 4. The number of hydrogen-bond acceptors (Lipinski definition) is 5. The van der Waals surface area contributed by atoms with E-state index in [2.05, 4.69) is 34.0 Å². The van der Waals surface area contributed by atoms with Gasteiger partial charge < -0.3 is 10.2 Å². The Morgan fingerprint density at radius 1 is 1.32 bits per heavy atom. The van der Waals surface area contributed by atoms with E-state index >= 15 is 0 Å². The second-order valence-electron chi connectivity index (χ2n) is 5.30. The van der Waals surface area contributed by atoms with Crippen molar-refractivity contribution in [1.82, 2.24) is 14.9 Å². The van der Waals surface area contributed by atoms with Crippen LogP contribution in [0.2, 0.25) is 0 Å². The summed E-state index contributed by atoms with van der Waals surface area (Å²) in [6, 6.07) is 0. The Bertz CT molecular complexity index is 415. The minimum Gasteiger partial charge on any atom is -0.357 e. The minimum absolute atomic E-state index is 0.351. The number of halogens is 1. The van der Waals surface area contributed by atoms with E-state index in [4.69, 9.17) is 0 Å². The summed E-state index contributed by atoms with van der Waals surface area (Å²) in [5.41, 5.74) is 0. The first-order valence-electron chi connectivity index (χ1n) is 6.77. The van der Waals surface area contributed by atoms with E-state index in [1.807, 2.05) is 4.90 Å². The molecule has 1 aliphatic heterocycles. The first kappa shape index (κ1) is 14.0. The summed E-state index contributed by atoms with van der Waals surface area (Å²) < 4.78 is 13.8. The van der Waals surface area contributed by atoms with Gasteiger partial charge in [0.2, 0.25) is 5.95 Å².